The zero-order valence-corrected chi connectivity index (χ0v) is 19.8. The van der Waals surface area contributed by atoms with E-state index in [2.05, 4.69) is 40.1 Å². The topological polar surface area (TPSA) is 52.3 Å². The van der Waals surface area contributed by atoms with E-state index in [0.717, 1.165) is 36.0 Å². The number of nitrogens with zero attached hydrogens (tertiary/aromatic N) is 4. The van der Waals surface area contributed by atoms with E-state index in [1.54, 1.807) is 22.6 Å². The minimum absolute atomic E-state index is 0.0130. The van der Waals surface area contributed by atoms with E-state index >= 15 is 0 Å². The fourth-order valence-corrected chi connectivity index (χ4v) is 5.49. The summed E-state index contributed by atoms with van der Waals surface area (Å²) in [4.78, 5) is 19.1. The van der Waals surface area contributed by atoms with Crippen molar-refractivity contribution in [2.24, 2.45) is 5.10 Å². The lowest BCUT2D eigenvalue weighted by Gasteiger charge is -2.31. The van der Waals surface area contributed by atoms with Gasteiger partial charge >= 0.3 is 0 Å². The summed E-state index contributed by atoms with van der Waals surface area (Å²) >= 11 is 1.65. The van der Waals surface area contributed by atoms with E-state index in [0.29, 0.717) is 13.0 Å². The van der Waals surface area contributed by atoms with Gasteiger partial charge < -0.3 is 9.32 Å². The Kier molecular flexibility index (Phi) is 6.60. The minimum atomic E-state index is -0.196. The van der Waals surface area contributed by atoms with Crippen molar-refractivity contribution < 1.29 is 9.21 Å². The first kappa shape index (κ1) is 21.9. The molecule has 0 radical (unpaired) electrons. The number of hydrogen-bond acceptors (Lipinski definition) is 6. The van der Waals surface area contributed by atoms with Gasteiger partial charge in [-0.25, -0.2) is 5.01 Å². The van der Waals surface area contributed by atoms with Crippen molar-refractivity contribution >= 4 is 28.6 Å². The first-order valence-electron chi connectivity index (χ1n) is 11.7. The lowest BCUT2D eigenvalue weighted by Crippen LogP contribution is -2.36. The molecule has 1 saturated heterocycles. The fourth-order valence-electron chi connectivity index (χ4n) is 4.77. The van der Waals surface area contributed by atoms with Crippen LogP contribution in [0.25, 0.3) is 0 Å². The Morgan fingerprint density at radius 2 is 1.97 bits per heavy atom. The highest BCUT2D eigenvalue weighted by atomic mass is 32.1. The molecule has 0 N–H and O–H groups in total. The molecule has 0 saturated carbocycles. The SMILES string of the molecule is CN(CC(=O)N1N=C(c2cccs2)CC1c1ccco1)Cc1ccccc1N1CCCCC1. The highest BCUT2D eigenvalue weighted by molar-refractivity contribution is 7.12. The van der Waals surface area contributed by atoms with E-state index in [1.807, 2.05) is 30.6 Å². The number of furan rings is 1. The molecule has 0 bridgehead atoms. The summed E-state index contributed by atoms with van der Waals surface area (Å²) in [7, 11) is 2.01. The van der Waals surface area contributed by atoms with Gasteiger partial charge in [-0.05, 0) is 61.5 Å². The van der Waals surface area contributed by atoms with Gasteiger partial charge in [-0.2, -0.15) is 5.10 Å². The van der Waals surface area contributed by atoms with Gasteiger partial charge in [0.15, 0.2) is 0 Å². The molecule has 2 aromatic heterocycles. The number of carbonyl (C=O) groups is 1. The van der Waals surface area contributed by atoms with Crippen molar-refractivity contribution in [1.29, 1.82) is 0 Å². The molecule has 7 heteroatoms. The smallest absolute Gasteiger partial charge is 0.257 e. The average Bonchev–Trinajstić information content (AvgIpc) is 3.61. The van der Waals surface area contributed by atoms with Crippen LogP contribution in [0.5, 0.6) is 0 Å². The summed E-state index contributed by atoms with van der Waals surface area (Å²) in [5.41, 5.74) is 3.50. The van der Waals surface area contributed by atoms with Crippen molar-refractivity contribution in [3.63, 3.8) is 0 Å². The Balaban J connectivity index is 1.30. The molecule has 1 amide bonds. The lowest BCUT2D eigenvalue weighted by molar-refractivity contribution is -0.134. The standard InChI is InChI=1S/C26H30N4O2S/c1-28(18-20-9-3-4-10-22(20)29-13-5-2-6-14-29)19-26(31)30-23(24-11-7-15-32-24)17-21(27-30)25-12-8-16-33-25/h3-4,7-12,15-16,23H,2,5-6,13-14,17-19H2,1H3. The van der Waals surface area contributed by atoms with Crippen LogP contribution >= 0.6 is 11.3 Å². The first-order chi connectivity index (χ1) is 16.2. The normalized spacial score (nSPS) is 18.7. The zero-order chi connectivity index (χ0) is 22.6. The molecule has 6 nitrogen and oxygen atoms in total. The molecule has 1 atom stereocenters. The number of hydrazone groups is 1. The van der Waals surface area contributed by atoms with Crippen molar-refractivity contribution in [3.8, 4) is 0 Å². The molecule has 3 aromatic rings. The van der Waals surface area contributed by atoms with Crippen LogP contribution in [0.1, 0.15) is 47.9 Å². The summed E-state index contributed by atoms with van der Waals surface area (Å²) in [5.74, 6) is 0.762. The van der Waals surface area contributed by atoms with Crippen LogP contribution in [-0.4, -0.2) is 48.2 Å². The van der Waals surface area contributed by atoms with E-state index in [9.17, 15) is 4.79 Å². The monoisotopic (exact) mass is 462 g/mol. The van der Waals surface area contributed by atoms with Gasteiger partial charge in [0.25, 0.3) is 5.91 Å². The van der Waals surface area contributed by atoms with Gasteiger partial charge in [-0.3, -0.25) is 9.69 Å². The van der Waals surface area contributed by atoms with Crippen molar-refractivity contribution in [3.05, 3.63) is 76.4 Å². The van der Waals surface area contributed by atoms with Crippen LogP contribution < -0.4 is 4.90 Å². The first-order valence-corrected chi connectivity index (χ1v) is 12.6. The Labute approximate surface area is 199 Å². The van der Waals surface area contributed by atoms with Gasteiger partial charge in [0.05, 0.1) is 23.4 Å². The average molecular weight is 463 g/mol. The van der Waals surface area contributed by atoms with Crippen molar-refractivity contribution in [1.82, 2.24) is 9.91 Å². The molecule has 1 aromatic carbocycles. The molecule has 33 heavy (non-hydrogen) atoms. The second-order valence-corrected chi connectivity index (χ2v) is 9.79. The number of thiophene rings is 1. The number of piperidine rings is 1. The largest absolute Gasteiger partial charge is 0.467 e. The van der Waals surface area contributed by atoms with Crippen molar-refractivity contribution in [2.45, 2.75) is 38.3 Å². The van der Waals surface area contributed by atoms with Gasteiger partial charge in [0, 0.05) is 31.7 Å². The molecule has 2 aliphatic heterocycles. The second kappa shape index (κ2) is 9.93. The Bertz CT molecular complexity index is 1090. The predicted molar refractivity (Wildman–Crippen MR) is 133 cm³/mol. The molecule has 2 aliphatic rings. The minimum Gasteiger partial charge on any atom is -0.467 e. The molecule has 172 valence electrons. The molecule has 0 spiro atoms. The third-order valence-electron chi connectivity index (χ3n) is 6.38. The Morgan fingerprint density at radius 1 is 1.12 bits per heavy atom. The highest BCUT2D eigenvalue weighted by Gasteiger charge is 2.35. The number of para-hydroxylation sites is 1. The molecule has 1 unspecified atom stereocenters. The second-order valence-electron chi connectivity index (χ2n) is 8.85. The Morgan fingerprint density at radius 3 is 2.73 bits per heavy atom. The fraction of sp³-hybridized carbons (Fsp3) is 0.385. The predicted octanol–water partition coefficient (Wildman–Crippen LogP) is 5.14. The van der Waals surface area contributed by atoms with E-state index in [4.69, 9.17) is 9.52 Å². The van der Waals surface area contributed by atoms with Gasteiger partial charge in [-0.15, -0.1) is 11.3 Å². The molecule has 0 aliphatic carbocycles. The summed E-state index contributed by atoms with van der Waals surface area (Å²) < 4.78 is 5.66. The lowest BCUT2D eigenvalue weighted by atomic mass is 10.1. The van der Waals surface area contributed by atoms with E-state index in [-0.39, 0.29) is 11.9 Å². The Hall–Kier alpha value is -2.90. The van der Waals surface area contributed by atoms with Crippen LogP contribution in [0, 0.1) is 0 Å². The summed E-state index contributed by atoms with van der Waals surface area (Å²) in [6.45, 7) is 3.24. The molecular weight excluding hydrogens is 432 g/mol. The van der Waals surface area contributed by atoms with Crippen LogP contribution in [-0.2, 0) is 11.3 Å². The van der Waals surface area contributed by atoms with E-state index < -0.39 is 0 Å². The van der Waals surface area contributed by atoms with Crippen LogP contribution in [0.4, 0.5) is 5.69 Å². The summed E-state index contributed by atoms with van der Waals surface area (Å²) in [6.07, 6.45) is 6.13. The number of anilines is 1. The number of hydrogen-bond donors (Lipinski definition) is 0. The van der Waals surface area contributed by atoms with Gasteiger partial charge in [-0.1, -0.05) is 24.3 Å². The van der Waals surface area contributed by atoms with Gasteiger partial charge in [0.2, 0.25) is 0 Å². The number of amides is 1. The van der Waals surface area contributed by atoms with Gasteiger partial charge in [0.1, 0.15) is 11.8 Å². The number of benzene rings is 1. The molecule has 5 rings (SSSR count). The highest BCUT2D eigenvalue weighted by Crippen LogP contribution is 2.34. The number of likely N-dealkylation sites (N-methyl/N-ethyl adjacent to an activating group) is 1. The maximum atomic E-state index is 13.4. The number of carbonyl (C=O) groups excluding carboxylic acids is 1. The van der Waals surface area contributed by atoms with E-state index in [1.165, 1.54) is 30.5 Å². The van der Waals surface area contributed by atoms with Crippen LogP contribution in [0.3, 0.4) is 0 Å². The zero-order valence-electron chi connectivity index (χ0n) is 19.0. The maximum absolute atomic E-state index is 13.4. The van der Waals surface area contributed by atoms with Crippen LogP contribution in [0.2, 0.25) is 0 Å². The molecule has 1 fully saturated rings. The number of rotatable bonds is 7. The van der Waals surface area contributed by atoms with Crippen molar-refractivity contribution in [2.75, 3.05) is 31.6 Å². The third kappa shape index (κ3) is 4.89. The quantitative estimate of drug-likeness (QED) is 0.488. The summed E-state index contributed by atoms with van der Waals surface area (Å²) in [5, 5.41) is 8.40. The molecular formula is C26H30N4O2S. The summed E-state index contributed by atoms with van der Waals surface area (Å²) in [6, 6.07) is 16.3. The third-order valence-corrected chi connectivity index (χ3v) is 7.30. The molecule has 4 heterocycles. The van der Waals surface area contributed by atoms with Crippen LogP contribution in [0.15, 0.2) is 69.7 Å². The maximum Gasteiger partial charge on any atom is 0.257 e.